The minimum Gasteiger partial charge on any atom is -0.356 e. The molecule has 178 valence electrons. The van der Waals surface area contributed by atoms with Gasteiger partial charge in [0.15, 0.2) is 0 Å². The summed E-state index contributed by atoms with van der Waals surface area (Å²) in [6.07, 6.45) is 13.0. The van der Waals surface area contributed by atoms with Crippen LogP contribution in [-0.2, 0) is 16.1 Å². The van der Waals surface area contributed by atoms with Crippen LogP contribution in [0.4, 0.5) is 5.82 Å². The number of anilines is 1. The molecule has 9 heteroatoms. The Morgan fingerprint density at radius 3 is 2.70 bits per heavy atom. The molecule has 0 amide bonds. The molecule has 1 unspecified atom stereocenters. The average Bonchev–Trinajstić information content (AvgIpc) is 3.32. The Labute approximate surface area is 196 Å². The van der Waals surface area contributed by atoms with Gasteiger partial charge in [-0.1, -0.05) is 6.92 Å². The zero-order valence-electron chi connectivity index (χ0n) is 19.9. The first-order valence-electron chi connectivity index (χ1n) is 11.9. The molecule has 0 radical (unpaired) electrons. The highest BCUT2D eigenvalue weighted by Gasteiger charge is 2.28. The van der Waals surface area contributed by atoms with Gasteiger partial charge < -0.3 is 9.88 Å². The molecule has 1 atom stereocenters. The van der Waals surface area contributed by atoms with Crippen molar-refractivity contribution in [1.82, 2.24) is 24.9 Å². The van der Waals surface area contributed by atoms with E-state index in [1.54, 1.807) is 18.7 Å². The van der Waals surface area contributed by atoms with Crippen molar-refractivity contribution < 1.29 is 4.21 Å². The first-order valence-corrected chi connectivity index (χ1v) is 13.8. The van der Waals surface area contributed by atoms with Crippen LogP contribution in [0.3, 0.4) is 0 Å². The second-order valence-electron chi connectivity index (χ2n) is 9.12. The van der Waals surface area contributed by atoms with Crippen molar-refractivity contribution in [2.45, 2.75) is 58.4 Å². The van der Waals surface area contributed by atoms with E-state index in [0.717, 1.165) is 60.3 Å². The van der Waals surface area contributed by atoms with Gasteiger partial charge in [0.05, 0.1) is 16.8 Å². The normalized spacial score (nSPS) is 20.5. The number of aryl methyl sites for hydroxylation is 2. The van der Waals surface area contributed by atoms with Gasteiger partial charge in [0, 0.05) is 65.9 Å². The number of nitrogens with one attached hydrogen (secondary N) is 1. The molecule has 3 heterocycles. The van der Waals surface area contributed by atoms with Crippen LogP contribution >= 0.6 is 0 Å². The molecule has 1 aliphatic rings. The summed E-state index contributed by atoms with van der Waals surface area (Å²) in [5.74, 6) is 2.69. The average molecular weight is 470 g/mol. The Bertz CT molecular complexity index is 1160. The summed E-state index contributed by atoms with van der Waals surface area (Å²) in [7, 11) is -0.124. The monoisotopic (exact) mass is 469 g/mol. The number of aromatic nitrogens is 5. The topological polar surface area (TPSA) is 100 Å². The molecule has 1 fully saturated rings. The van der Waals surface area contributed by atoms with E-state index < -0.39 is 9.73 Å². The van der Waals surface area contributed by atoms with E-state index in [1.807, 2.05) is 19.2 Å². The standard InChI is InChI=1S/C24H35N7OS/c1-4-11-30-33(32,13-10-20-15-26-18(2)14-27-20)16-19-5-7-21(8-6-19)31(3)24-22-9-12-25-23(22)28-17-29-24/h9,12,14-15,17,19,21H,4-8,10-11,13,16H2,1-3H3,(H,25,28,29). The SMILES string of the molecule is CCCN=S(=O)(CCc1cnc(C)cn1)CC1CCC(N(C)c2ncnc3[nH]ccc23)CC1. The first-order chi connectivity index (χ1) is 16.0. The number of H-pyrrole nitrogens is 1. The third kappa shape index (κ3) is 5.88. The highest BCUT2D eigenvalue weighted by atomic mass is 32.2. The molecule has 33 heavy (non-hydrogen) atoms. The fraction of sp³-hybridized carbons (Fsp3) is 0.583. The van der Waals surface area contributed by atoms with Crippen molar-refractivity contribution in [1.29, 1.82) is 0 Å². The molecule has 0 aliphatic heterocycles. The molecular weight excluding hydrogens is 434 g/mol. The fourth-order valence-electron chi connectivity index (χ4n) is 4.65. The van der Waals surface area contributed by atoms with Crippen molar-refractivity contribution in [3.8, 4) is 0 Å². The predicted molar refractivity (Wildman–Crippen MR) is 134 cm³/mol. The summed E-state index contributed by atoms with van der Waals surface area (Å²) >= 11 is 0. The molecule has 8 nitrogen and oxygen atoms in total. The molecule has 0 aromatic carbocycles. The van der Waals surface area contributed by atoms with Crippen LogP contribution in [0.5, 0.6) is 0 Å². The van der Waals surface area contributed by atoms with Crippen LogP contribution in [0.15, 0.2) is 35.3 Å². The van der Waals surface area contributed by atoms with E-state index in [-0.39, 0.29) is 0 Å². The van der Waals surface area contributed by atoms with Crippen molar-refractivity contribution in [2.24, 2.45) is 10.3 Å². The van der Waals surface area contributed by atoms with E-state index >= 15 is 0 Å². The van der Waals surface area contributed by atoms with Crippen molar-refractivity contribution >= 4 is 26.6 Å². The summed E-state index contributed by atoms with van der Waals surface area (Å²) in [4.78, 5) is 23.1. The van der Waals surface area contributed by atoms with Crippen LogP contribution in [0, 0.1) is 12.8 Å². The van der Waals surface area contributed by atoms with Crippen LogP contribution < -0.4 is 4.90 Å². The largest absolute Gasteiger partial charge is 0.356 e. The number of hydrogen-bond donors (Lipinski definition) is 1. The van der Waals surface area contributed by atoms with Gasteiger partial charge in [0.1, 0.15) is 17.8 Å². The lowest BCUT2D eigenvalue weighted by Gasteiger charge is -2.35. The molecule has 4 rings (SSSR count). The van der Waals surface area contributed by atoms with Gasteiger partial charge in [-0.2, -0.15) is 0 Å². The lowest BCUT2D eigenvalue weighted by molar-refractivity contribution is 0.342. The quantitative estimate of drug-likeness (QED) is 0.505. The highest BCUT2D eigenvalue weighted by molar-refractivity contribution is 7.93. The number of nitrogens with zero attached hydrogens (tertiary/aromatic N) is 6. The number of hydrogen-bond acceptors (Lipinski definition) is 7. The van der Waals surface area contributed by atoms with Gasteiger partial charge in [-0.3, -0.25) is 9.97 Å². The molecule has 1 aliphatic carbocycles. The highest BCUT2D eigenvalue weighted by Crippen LogP contribution is 2.32. The molecule has 0 bridgehead atoms. The maximum absolute atomic E-state index is 13.8. The van der Waals surface area contributed by atoms with Crippen molar-refractivity contribution in [3.05, 3.63) is 42.4 Å². The van der Waals surface area contributed by atoms with Gasteiger partial charge in [0.25, 0.3) is 0 Å². The molecule has 1 saturated carbocycles. The van der Waals surface area contributed by atoms with Crippen molar-refractivity contribution in [3.63, 3.8) is 0 Å². The van der Waals surface area contributed by atoms with E-state index in [0.29, 0.717) is 36.4 Å². The van der Waals surface area contributed by atoms with Gasteiger partial charge in [-0.15, -0.1) is 0 Å². The van der Waals surface area contributed by atoms with Gasteiger partial charge >= 0.3 is 0 Å². The smallest absolute Gasteiger partial charge is 0.142 e. The van der Waals surface area contributed by atoms with Crippen LogP contribution in [0.1, 0.15) is 50.4 Å². The van der Waals surface area contributed by atoms with E-state index in [9.17, 15) is 4.21 Å². The Hall–Kier alpha value is -2.55. The summed E-state index contributed by atoms with van der Waals surface area (Å²) in [6, 6.07) is 2.47. The van der Waals surface area contributed by atoms with Gasteiger partial charge in [-0.05, 0) is 51.0 Å². The maximum Gasteiger partial charge on any atom is 0.142 e. The lowest BCUT2D eigenvalue weighted by Crippen LogP contribution is -2.37. The van der Waals surface area contributed by atoms with Gasteiger partial charge in [0.2, 0.25) is 0 Å². The van der Waals surface area contributed by atoms with Crippen molar-refractivity contribution in [2.75, 3.05) is 30.0 Å². The van der Waals surface area contributed by atoms with E-state index in [4.69, 9.17) is 0 Å². The minimum atomic E-state index is -2.25. The summed E-state index contributed by atoms with van der Waals surface area (Å²) in [5.41, 5.74) is 2.67. The number of aromatic amines is 1. The van der Waals surface area contributed by atoms with Gasteiger partial charge in [-0.25, -0.2) is 18.5 Å². The third-order valence-corrected chi connectivity index (χ3v) is 9.08. The van der Waals surface area contributed by atoms with Crippen LogP contribution in [0.2, 0.25) is 0 Å². The molecule has 0 spiro atoms. The maximum atomic E-state index is 13.8. The van der Waals surface area contributed by atoms with E-state index in [1.165, 1.54) is 0 Å². The Morgan fingerprint density at radius 1 is 1.15 bits per heavy atom. The molecule has 3 aromatic rings. The fourth-order valence-corrected chi connectivity index (χ4v) is 7.17. The Kier molecular flexibility index (Phi) is 7.57. The van der Waals surface area contributed by atoms with Crippen LogP contribution in [0.25, 0.3) is 11.0 Å². The summed E-state index contributed by atoms with van der Waals surface area (Å²) in [6.45, 7) is 4.68. The second kappa shape index (κ2) is 10.6. The molecule has 1 N–H and O–H groups in total. The molecular formula is C24H35N7OS. The minimum absolute atomic E-state index is 0.431. The number of rotatable bonds is 9. The Balaban J connectivity index is 1.37. The number of fused-ring (bicyclic) bond motifs is 1. The lowest BCUT2D eigenvalue weighted by atomic mass is 9.86. The molecule has 3 aromatic heterocycles. The first kappa shape index (κ1) is 23.6. The summed E-state index contributed by atoms with van der Waals surface area (Å²) in [5, 5.41) is 1.06. The van der Waals surface area contributed by atoms with E-state index in [2.05, 4.69) is 48.2 Å². The zero-order valence-corrected chi connectivity index (χ0v) is 20.7. The predicted octanol–water partition coefficient (Wildman–Crippen LogP) is 4.17. The third-order valence-electron chi connectivity index (χ3n) is 6.59. The van der Waals surface area contributed by atoms with Crippen LogP contribution in [-0.4, -0.2) is 60.3 Å². The summed E-state index contributed by atoms with van der Waals surface area (Å²) < 4.78 is 18.4. The second-order valence-corrected chi connectivity index (χ2v) is 11.7. The zero-order chi connectivity index (χ0) is 23.3. The Morgan fingerprint density at radius 2 is 1.97 bits per heavy atom. The molecule has 0 saturated heterocycles.